The summed E-state index contributed by atoms with van der Waals surface area (Å²) in [5.74, 6) is 0. The zero-order valence-electron chi connectivity index (χ0n) is 6.86. The van der Waals surface area contributed by atoms with Crippen molar-refractivity contribution in [2.75, 3.05) is 7.11 Å². The summed E-state index contributed by atoms with van der Waals surface area (Å²) in [6.07, 6.45) is 0. The predicted octanol–water partition coefficient (Wildman–Crippen LogP) is 1.51. The Labute approximate surface area is 98.0 Å². The molecule has 0 aliphatic carbocycles. The van der Waals surface area contributed by atoms with Crippen LogP contribution in [0.4, 0.5) is 0 Å². The molecule has 0 saturated carbocycles. The van der Waals surface area contributed by atoms with Crippen LogP contribution in [-0.2, 0) is 41.8 Å². The first-order chi connectivity index (χ1) is 4.83. The smallest absolute Gasteiger partial charge is 0.181 e. The maximum absolute atomic E-state index is 9.81. The Kier molecular flexibility index (Phi) is 14.3. The molecule has 1 atom stereocenters. The van der Waals surface area contributed by atoms with E-state index >= 15 is 0 Å². The summed E-state index contributed by atoms with van der Waals surface area (Å²) >= 11 is 0. The standard InChI is InChI=1S/C4H4N.C2H6O3P.Y/c1-4(2)3-5;1-5-6(2,3)4;/h1-2H2;2H2,1H3,(H,3,4);/q2*-1;. The SMILES string of the molecule is C=C([CH2-])C#N.[CH2-]P(=O)(O)OC.[Y]. The molecule has 0 fully saturated rings. The molecule has 0 aromatic carbocycles. The Hall–Kier alpha value is 0.354. The molecule has 4 nitrogen and oxygen atoms in total. The fraction of sp³-hybridized carbons (Fsp3) is 0.167. The maximum Gasteiger partial charge on any atom is 0.181 e. The van der Waals surface area contributed by atoms with E-state index in [0.717, 1.165) is 7.11 Å². The third kappa shape index (κ3) is 31.6. The summed E-state index contributed by atoms with van der Waals surface area (Å²) in [7, 11) is -2.26. The maximum atomic E-state index is 9.81. The molecule has 1 radical (unpaired) electrons. The molecule has 0 heterocycles. The van der Waals surface area contributed by atoms with Gasteiger partial charge in [0, 0.05) is 39.8 Å². The van der Waals surface area contributed by atoms with Crippen LogP contribution in [-0.4, -0.2) is 12.0 Å². The van der Waals surface area contributed by atoms with Crippen molar-refractivity contribution in [3.05, 3.63) is 25.7 Å². The van der Waals surface area contributed by atoms with Gasteiger partial charge in [0.15, 0.2) is 7.60 Å². The van der Waals surface area contributed by atoms with Crippen molar-refractivity contribution in [3.8, 4) is 6.07 Å². The van der Waals surface area contributed by atoms with Crippen LogP contribution in [0.3, 0.4) is 0 Å². The molecule has 1 N–H and O–H groups in total. The van der Waals surface area contributed by atoms with Crippen LogP contribution in [0.5, 0.6) is 0 Å². The van der Waals surface area contributed by atoms with Gasteiger partial charge < -0.3 is 9.42 Å². The predicted molar refractivity (Wildman–Crippen MR) is 42.3 cm³/mol. The molecule has 0 aliphatic rings. The van der Waals surface area contributed by atoms with Gasteiger partial charge in [-0.2, -0.15) is 13.5 Å². The third-order valence-corrected chi connectivity index (χ3v) is 1.01. The van der Waals surface area contributed by atoms with Crippen LogP contribution in [0.1, 0.15) is 0 Å². The first kappa shape index (κ1) is 18.2. The van der Waals surface area contributed by atoms with Crippen LogP contribution in [0.2, 0.25) is 0 Å². The normalized spacial score (nSPS) is 12.2. The van der Waals surface area contributed by atoms with Gasteiger partial charge in [0.2, 0.25) is 0 Å². The van der Waals surface area contributed by atoms with Crippen LogP contribution in [0.25, 0.3) is 0 Å². The van der Waals surface area contributed by atoms with E-state index in [1.54, 1.807) is 6.07 Å². The van der Waals surface area contributed by atoms with Crippen LogP contribution >= 0.6 is 7.60 Å². The molecule has 0 aromatic rings. The van der Waals surface area contributed by atoms with Crippen molar-refractivity contribution in [2.45, 2.75) is 0 Å². The molecule has 12 heavy (non-hydrogen) atoms. The van der Waals surface area contributed by atoms with E-state index in [1.807, 2.05) is 0 Å². The van der Waals surface area contributed by atoms with Crippen LogP contribution < -0.4 is 0 Å². The molecule has 0 amide bonds. The molecule has 0 bridgehead atoms. The first-order valence-corrected chi connectivity index (χ1v) is 4.23. The zero-order valence-corrected chi connectivity index (χ0v) is 10.6. The third-order valence-electron chi connectivity index (χ3n) is 0.443. The Morgan fingerprint density at radius 2 is 2.00 bits per heavy atom. The van der Waals surface area contributed by atoms with E-state index in [-0.39, 0.29) is 32.7 Å². The van der Waals surface area contributed by atoms with E-state index in [1.165, 1.54) is 0 Å². The molecule has 0 saturated heterocycles. The van der Waals surface area contributed by atoms with Gasteiger partial charge >= 0.3 is 0 Å². The van der Waals surface area contributed by atoms with Crippen molar-refractivity contribution in [2.24, 2.45) is 0 Å². The minimum atomic E-state index is -3.40. The molecule has 0 aromatic heterocycles. The fourth-order valence-corrected chi connectivity index (χ4v) is 0. The van der Waals surface area contributed by atoms with E-state index in [4.69, 9.17) is 10.2 Å². The second kappa shape index (κ2) is 9.44. The zero-order chi connectivity index (χ0) is 9.49. The van der Waals surface area contributed by atoms with Gasteiger partial charge in [-0.05, 0) is 0 Å². The number of hydrogen-bond acceptors (Lipinski definition) is 3. The van der Waals surface area contributed by atoms with Crippen molar-refractivity contribution in [1.29, 1.82) is 5.26 Å². The monoisotopic (exact) mass is 264 g/mol. The van der Waals surface area contributed by atoms with Gasteiger partial charge in [0.25, 0.3) is 0 Å². The van der Waals surface area contributed by atoms with E-state index in [9.17, 15) is 4.57 Å². The van der Waals surface area contributed by atoms with Gasteiger partial charge in [0.05, 0.1) is 0 Å². The average Bonchev–Trinajstić information content (AvgIpc) is 1.88. The minimum Gasteiger partial charge on any atom is -0.347 e. The Balaban J connectivity index is -0.000000126. The second-order valence-electron chi connectivity index (χ2n) is 1.54. The van der Waals surface area contributed by atoms with Crippen LogP contribution in [0.15, 0.2) is 12.2 Å². The summed E-state index contributed by atoms with van der Waals surface area (Å²) in [5, 5.41) is 7.73. The Bertz CT molecular complexity index is 205. The minimum absolute atomic E-state index is 0. The number of rotatable bonds is 1. The van der Waals surface area contributed by atoms with Crippen LogP contribution in [0, 0.1) is 24.9 Å². The van der Waals surface area contributed by atoms with Gasteiger partial charge in [-0.3, -0.25) is 9.83 Å². The van der Waals surface area contributed by atoms with Gasteiger partial charge in [-0.15, -0.1) is 5.57 Å². The molecular weight excluding hydrogens is 254 g/mol. The van der Waals surface area contributed by atoms with E-state index in [2.05, 4.69) is 24.7 Å². The van der Waals surface area contributed by atoms with E-state index < -0.39 is 7.60 Å². The summed E-state index contributed by atoms with van der Waals surface area (Å²) in [6, 6.07) is 1.72. The fourth-order valence-electron chi connectivity index (χ4n) is 0. The van der Waals surface area contributed by atoms with Crippen molar-refractivity contribution in [1.82, 2.24) is 0 Å². The van der Waals surface area contributed by atoms with Gasteiger partial charge in [-0.1, -0.05) is 6.07 Å². The number of allylic oxidation sites excluding steroid dienone is 1. The summed E-state index contributed by atoms with van der Waals surface area (Å²) in [4.78, 5) is 8.05. The van der Waals surface area contributed by atoms with Gasteiger partial charge in [-0.25, -0.2) is 6.66 Å². The summed E-state index contributed by atoms with van der Waals surface area (Å²) in [5.41, 5.74) is 0.310. The second-order valence-corrected chi connectivity index (χ2v) is 3.18. The first-order valence-electron chi connectivity index (χ1n) is 2.47. The molecule has 6 heteroatoms. The van der Waals surface area contributed by atoms with Crippen molar-refractivity contribution in [3.63, 3.8) is 0 Å². The number of nitrogens with zero attached hydrogens (tertiary/aromatic N) is 1. The van der Waals surface area contributed by atoms with Crippen molar-refractivity contribution >= 4 is 7.60 Å². The molecule has 0 aliphatic heterocycles. The molecule has 67 valence electrons. The Morgan fingerprint density at radius 1 is 1.83 bits per heavy atom. The molecular formula is C6H10NO3PY-2. The topological polar surface area (TPSA) is 70.3 Å². The van der Waals surface area contributed by atoms with Crippen molar-refractivity contribution < 1.29 is 46.7 Å². The average molecular weight is 264 g/mol. The Morgan fingerprint density at radius 3 is 2.00 bits per heavy atom. The number of nitriles is 1. The van der Waals surface area contributed by atoms with Gasteiger partial charge in [0.1, 0.15) is 0 Å². The van der Waals surface area contributed by atoms with E-state index in [0.29, 0.717) is 5.57 Å². The molecule has 0 rings (SSSR count). The largest absolute Gasteiger partial charge is 0.347 e. The molecule has 1 unspecified atom stereocenters. The quantitative estimate of drug-likeness (QED) is 0.442. The summed E-state index contributed by atoms with van der Waals surface area (Å²) < 4.78 is 13.7. The molecule has 0 spiro atoms. The summed E-state index contributed by atoms with van der Waals surface area (Å²) in [6.45, 7) is 9.18. The number of hydrogen-bond donors (Lipinski definition) is 1.